The normalized spacial score (nSPS) is 10.3. The predicted molar refractivity (Wildman–Crippen MR) is 123 cm³/mol. The smallest absolute Gasteiger partial charge is 0.192 e. The molecule has 6 nitrogen and oxygen atoms in total. The molecule has 0 saturated carbocycles. The number of H-pyrrole nitrogens is 1. The molecule has 0 unspecified atom stereocenters. The Morgan fingerprint density at radius 1 is 1.19 bits per heavy atom. The van der Waals surface area contributed by atoms with E-state index in [-0.39, 0.29) is 29.1 Å². The van der Waals surface area contributed by atoms with Crippen LogP contribution >= 0.6 is 12.4 Å². The van der Waals surface area contributed by atoms with Gasteiger partial charge in [0, 0.05) is 25.2 Å². The van der Waals surface area contributed by atoms with E-state index in [1.807, 2.05) is 11.9 Å². The number of hydrogen-bond acceptors (Lipinski definition) is 5. The Bertz CT molecular complexity index is 1190. The van der Waals surface area contributed by atoms with Crippen molar-refractivity contribution in [3.63, 3.8) is 0 Å². The number of phenols is 1. The lowest BCUT2D eigenvalue weighted by Crippen LogP contribution is -2.24. The maximum Gasteiger partial charge on any atom is 0.192 e. The number of aromatic amines is 1. The Balaban J connectivity index is 0.00000341. The largest absolute Gasteiger partial charge is 0.508 e. The number of phenolic OH excluding ortho intramolecular Hbond substituents is 1. The molecule has 162 valence electrons. The van der Waals surface area contributed by atoms with Crippen LogP contribution in [0.3, 0.4) is 0 Å². The van der Waals surface area contributed by atoms with Crippen LogP contribution < -0.4 is 16.1 Å². The van der Waals surface area contributed by atoms with Gasteiger partial charge in [-0.15, -0.1) is 12.4 Å². The van der Waals surface area contributed by atoms with Gasteiger partial charge in [0.05, 0.1) is 16.8 Å². The molecule has 3 aromatic rings. The second-order valence-corrected chi connectivity index (χ2v) is 7.14. The monoisotopic (exact) mass is 442 g/mol. The summed E-state index contributed by atoms with van der Waals surface area (Å²) in [5, 5.41) is 19.2. The summed E-state index contributed by atoms with van der Waals surface area (Å²) >= 11 is 0. The van der Waals surface area contributed by atoms with Gasteiger partial charge in [0.1, 0.15) is 23.5 Å². The molecule has 0 radical (unpaired) electrons. The number of aryl methyl sites for hydroxylation is 1. The van der Waals surface area contributed by atoms with E-state index in [1.165, 1.54) is 24.3 Å². The highest BCUT2D eigenvalue weighted by molar-refractivity contribution is 5.85. The maximum absolute atomic E-state index is 14.3. The first-order valence-corrected chi connectivity index (χ1v) is 9.54. The minimum absolute atomic E-state index is 0. The average Bonchev–Trinajstić information content (AvgIpc) is 2.73. The van der Waals surface area contributed by atoms with Crippen molar-refractivity contribution in [3.8, 4) is 34.2 Å². The molecular formula is C23H24ClFN4O2. The lowest BCUT2D eigenvalue weighted by Gasteiger charge is -2.21. The van der Waals surface area contributed by atoms with E-state index in [1.54, 1.807) is 31.2 Å². The van der Waals surface area contributed by atoms with Crippen molar-refractivity contribution in [2.24, 2.45) is 5.73 Å². The van der Waals surface area contributed by atoms with E-state index in [9.17, 15) is 14.3 Å². The highest BCUT2D eigenvalue weighted by Gasteiger charge is 2.17. The topological polar surface area (TPSA) is 106 Å². The lowest BCUT2D eigenvalue weighted by molar-refractivity contribution is 0.471. The summed E-state index contributed by atoms with van der Waals surface area (Å²) in [6.45, 7) is 2.91. The van der Waals surface area contributed by atoms with Gasteiger partial charge in [-0.25, -0.2) is 4.39 Å². The van der Waals surface area contributed by atoms with Crippen molar-refractivity contribution >= 4 is 18.2 Å². The zero-order chi connectivity index (χ0) is 21.8. The number of halogens is 2. The highest BCUT2D eigenvalue weighted by atomic mass is 35.5. The fraction of sp³-hybridized carbons (Fsp3) is 0.217. The minimum atomic E-state index is -0.671. The molecule has 0 aliphatic carbocycles. The number of aromatic nitrogens is 1. The Hall–Kier alpha value is -3.34. The van der Waals surface area contributed by atoms with Gasteiger partial charge in [-0.2, -0.15) is 5.26 Å². The van der Waals surface area contributed by atoms with Crippen LogP contribution in [-0.4, -0.2) is 30.2 Å². The van der Waals surface area contributed by atoms with Gasteiger partial charge in [0.15, 0.2) is 5.43 Å². The molecule has 0 aliphatic rings. The van der Waals surface area contributed by atoms with Gasteiger partial charge < -0.3 is 20.7 Å². The Kier molecular flexibility index (Phi) is 7.81. The summed E-state index contributed by atoms with van der Waals surface area (Å²) in [6.07, 6.45) is 0.743. The van der Waals surface area contributed by atoms with Gasteiger partial charge >= 0.3 is 0 Å². The van der Waals surface area contributed by atoms with E-state index in [4.69, 9.17) is 11.0 Å². The number of nitrogens with zero attached hydrogens (tertiary/aromatic N) is 2. The fourth-order valence-electron chi connectivity index (χ4n) is 3.23. The van der Waals surface area contributed by atoms with Crippen LogP contribution in [0.15, 0.2) is 47.3 Å². The van der Waals surface area contributed by atoms with E-state index in [0.29, 0.717) is 46.9 Å². The molecule has 0 spiro atoms. The van der Waals surface area contributed by atoms with Gasteiger partial charge in [-0.3, -0.25) is 4.79 Å². The van der Waals surface area contributed by atoms with Crippen molar-refractivity contribution in [2.75, 3.05) is 25.0 Å². The third kappa shape index (κ3) is 5.05. The molecule has 2 aromatic carbocycles. The molecule has 4 N–H and O–H groups in total. The molecule has 0 atom stereocenters. The highest BCUT2D eigenvalue weighted by Crippen LogP contribution is 2.33. The molecule has 0 bridgehead atoms. The van der Waals surface area contributed by atoms with Crippen LogP contribution in [0.1, 0.15) is 17.5 Å². The summed E-state index contributed by atoms with van der Waals surface area (Å²) in [7, 11) is 1.83. The van der Waals surface area contributed by atoms with Crippen molar-refractivity contribution in [3.05, 3.63) is 69.6 Å². The second-order valence-electron chi connectivity index (χ2n) is 7.14. The molecule has 0 saturated heterocycles. The number of rotatable bonds is 6. The zero-order valence-corrected chi connectivity index (χ0v) is 18.1. The number of hydrogen-bond donors (Lipinski definition) is 3. The summed E-state index contributed by atoms with van der Waals surface area (Å²) in [4.78, 5) is 18.2. The Morgan fingerprint density at radius 3 is 2.52 bits per heavy atom. The van der Waals surface area contributed by atoms with Crippen LogP contribution in [-0.2, 0) is 0 Å². The van der Waals surface area contributed by atoms with Crippen molar-refractivity contribution in [1.82, 2.24) is 4.98 Å². The summed E-state index contributed by atoms with van der Waals surface area (Å²) in [6, 6.07) is 12.4. The molecule has 1 aromatic heterocycles. The van der Waals surface area contributed by atoms with Crippen LogP contribution in [0, 0.1) is 24.1 Å². The summed E-state index contributed by atoms with van der Waals surface area (Å²) < 4.78 is 14.3. The number of anilines is 1. The maximum atomic E-state index is 14.3. The first-order valence-electron chi connectivity index (χ1n) is 9.54. The van der Waals surface area contributed by atoms with Crippen LogP contribution in [0.5, 0.6) is 5.75 Å². The third-order valence-electron chi connectivity index (χ3n) is 5.00. The van der Waals surface area contributed by atoms with E-state index in [2.05, 4.69) is 4.98 Å². The van der Waals surface area contributed by atoms with Crippen LogP contribution in [0.4, 0.5) is 10.2 Å². The quantitative estimate of drug-likeness (QED) is 0.536. The molecule has 0 fully saturated rings. The molecule has 1 heterocycles. The number of nitriles is 1. The van der Waals surface area contributed by atoms with Gasteiger partial charge in [-0.05, 0) is 49.2 Å². The Morgan fingerprint density at radius 2 is 1.90 bits per heavy atom. The fourth-order valence-corrected chi connectivity index (χ4v) is 3.23. The van der Waals surface area contributed by atoms with Crippen LogP contribution in [0.2, 0.25) is 0 Å². The number of benzene rings is 2. The average molecular weight is 443 g/mol. The third-order valence-corrected chi connectivity index (χ3v) is 5.00. The Labute approximate surface area is 186 Å². The van der Waals surface area contributed by atoms with E-state index in [0.717, 1.165) is 6.42 Å². The molecule has 0 aliphatic heterocycles. The summed E-state index contributed by atoms with van der Waals surface area (Å²) in [5.74, 6) is -0.0447. The van der Waals surface area contributed by atoms with Crippen molar-refractivity contribution in [2.45, 2.75) is 13.3 Å². The zero-order valence-electron chi connectivity index (χ0n) is 17.3. The number of nitrogens with two attached hydrogens (primary N) is 1. The number of aromatic hydroxyl groups is 1. The second kappa shape index (κ2) is 10.1. The first-order chi connectivity index (χ1) is 14.3. The molecule has 31 heavy (non-hydrogen) atoms. The van der Waals surface area contributed by atoms with E-state index < -0.39 is 5.82 Å². The molecule has 3 rings (SSSR count). The molecule has 0 amide bonds. The standard InChI is InChI=1S/C23H23FN4O2.ClH/c1-14-4-5-15(11-19(14)29)22-20(30)12-21(28(2)9-3-8-25)27-23(22)16-6-7-17(13-26)18(24)10-16;/h4-7,10-12,29H,3,8-9,25H2,1-2H3,(H,27,30);1H. The molecule has 8 heteroatoms. The van der Waals surface area contributed by atoms with Gasteiger partial charge in [0.25, 0.3) is 0 Å². The lowest BCUT2D eigenvalue weighted by atomic mass is 9.97. The van der Waals surface area contributed by atoms with Gasteiger partial charge in [0.2, 0.25) is 0 Å². The van der Waals surface area contributed by atoms with E-state index >= 15 is 0 Å². The van der Waals surface area contributed by atoms with Crippen molar-refractivity contribution < 1.29 is 9.50 Å². The summed E-state index contributed by atoms with van der Waals surface area (Å²) in [5.41, 5.74) is 7.57. The first kappa shape index (κ1) is 23.9. The number of nitrogens with one attached hydrogen (secondary N) is 1. The van der Waals surface area contributed by atoms with Crippen LogP contribution in [0.25, 0.3) is 22.4 Å². The van der Waals surface area contributed by atoms with Crippen molar-refractivity contribution in [1.29, 1.82) is 5.26 Å². The SMILES string of the molecule is Cc1ccc(-c2c(-c3ccc(C#N)c(F)c3)[nH]c(N(C)CCCN)cc2=O)cc1O.Cl. The molecular weight excluding hydrogens is 419 g/mol. The van der Waals surface area contributed by atoms with Gasteiger partial charge in [-0.1, -0.05) is 18.2 Å². The minimum Gasteiger partial charge on any atom is -0.508 e. The number of pyridine rings is 1. The predicted octanol–water partition coefficient (Wildman–Crippen LogP) is 3.94.